The highest BCUT2D eigenvalue weighted by molar-refractivity contribution is 7.98. The molecule has 0 aliphatic rings. The molecule has 1 heterocycles. The Morgan fingerprint density at radius 3 is 2.83 bits per heavy atom. The molecule has 0 spiro atoms. The molecule has 0 atom stereocenters. The van der Waals surface area contributed by atoms with E-state index in [-0.39, 0.29) is 0 Å². The number of halogens is 1. The number of nitrogens with zero attached hydrogens (tertiary/aromatic N) is 1. The predicted octanol–water partition coefficient (Wildman–Crippen LogP) is 4.61. The van der Waals surface area contributed by atoms with E-state index < -0.39 is 0 Å². The van der Waals surface area contributed by atoms with Crippen LogP contribution in [0.5, 0.6) is 0 Å². The molecule has 5 heteroatoms. The Balaban J connectivity index is 2.17. The third kappa shape index (κ3) is 2.99. The van der Waals surface area contributed by atoms with E-state index in [4.69, 9.17) is 11.6 Å². The van der Waals surface area contributed by atoms with Gasteiger partial charge in [0.1, 0.15) is 6.07 Å². The standard InChI is InChI=1S/C13H11ClN2S2/c1-17-12-4-2-3-11(10(12)7-15)16-8-9-5-6-13(14)18-9/h2-6,16H,8H2,1H3. The minimum absolute atomic E-state index is 0.684. The van der Waals surface area contributed by atoms with Crippen LogP contribution >= 0.6 is 34.7 Å². The topological polar surface area (TPSA) is 35.8 Å². The average molecular weight is 295 g/mol. The van der Waals surface area contributed by atoms with Crippen molar-refractivity contribution in [2.75, 3.05) is 11.6 Å². The zero-order chi connectivity index (χ0) is 13.0. The first kappa shape index (κ1) is 13.3. The van der Waals surface area contributed by atoms with Gasteiger partial charge in [-0.1, -0.05) is 17.7 Å². The normalized spacial score (nSPS) is 10.1. The summed E-state index contributed by atoms with van der Waals surface area (Å²) in [5.74, 6) is 0. The van der Waals surface area contributed by atoms with Gasteiger partial charge in [0.15, 0.2) is 0 Å². The molecule has 1 N–H and O–H groups in total. The Labute approximate surface area is 120 Å². The number of rotatable bonds is 4. The molecule has 2 rings (SSSR count). The number of hydrogen-bond donors (Lipinski definition) is 1. The number of thiophene rings is 1. The average Bonchev–Trinajstić information content (AvgIpc) is 2.81. The van der Waals surface area contributed by atoms with E-state index in [0.29, 0.717) is 12.1 Å². The van der Waals surface area contributed by atoms with Gasteiger partial charge in [0.2, 0.25) is 0 Å². The summed E-state index contributed by atoms with van der Waals surface area (Å²) in [4.78, 5) is 2.14. The lowest BCUT2D eigenvalue weighted by molar-refractivity contribution is 1.18. The van der Waals surface area contributed by atoms with Crippen LogP contribution in [-0.4, -0.2) is 6.26 Å². The molecular formula is C13H11ClN2S2. The smallest absolute Gasteiger partial charge is 0.102 e. The Morgan fingerprint density at radius 1 is 1.39 bits per heavy atom. The summed E-state index contributed by atoms with van der Waals surface area (Å²) in [7, 11) is 0. The maximum Gasteiger partial charge on any atom is 0.102 e. The van der Waals surface area contributed by atoms with Crippen LogP contribution in [0.4, 0.5) is 5.69 Å². The highest BCUT2D eigenvalue weighted by atomic mass is 35.5. The quantitative estimate of drug-likeness (QED) is 0.837. The van der Waals surface area contributed by atoms with E-state index in [1.165, 1.54) is 0 Å². The highest BCUT2D eigenvalue weighted by Gasteiger charge is 2.07. The molecular weight excluding hydrogens is 284 g/mol. The summed E-state index contributed by atoms with van der Waals surface area (Å²) in [5, 5.41) is 12.5. The van der Waals surface area contributed by atoms with Crippen LogP contribution in [0.2, 0.25) is 4.34 Å². The monoisotopic (exact) mass is 294 g/mol. The minimum atomic E-state index is 0.684. The van der Waals surface area contributed by atoms with Gasteiger partial charge in [-0.2, -0.15) is 5.26 Å². The summed E-state index contributed by atoms with van der Waals surface area (Å²) in [6, 6.07) is 12.0. The molecule has 0 radical (unpaired) electrons. The number of anilines is 1. The van der Waals surface area contributed by atoms with Gasteiger partial charge in [-0.3, -0.25) is 0 Å². The van der Waals surface area contributed by atoms with Gasteiger partial charge in [-0.15, -0.1) is 23.1 Å². The van der Waals surface area contributed by atoms with Crippen molar-refractivity contribution in [2.45, 2.75) is 11.4 Å². The van der Waals surface area contributed by atoms with E-state index in [9.17, 15) is 5.26 Å². The summed E-state index contributed by atoms with van der Waals surface area (Å²) in [6.45, 7) is 0.684. The maximum absolute atomic E-state index is 9.21. The number of benzene rings is 1. The lowest BCUT2D eigenvalue weighted by atomic mass is 10.2. The predicted molar refractivity (Wildman–Crippen MR) is 79.6 cm³/mol. The van der Waals surface area contributed by atoms with Gasteiger partial charge in [0.05, 0.1) is 15.6 Å². The van der Waals surface area contributed by atoms with Crippen molar-refractivity contribution in [3.63, 3.8) is 0 Å². The molecule has 0 saturated carbocycles. The number of nitrogens with one attached hydrogen (secondary N) is 1. The largest absolute Gasteiger partial charge is 0.379 e. The molecule has 0 aliphatic heterocycles. The van der Waals surface area contributed by atoms with E-state index in [2.05, 4.69) is 11.4 Å². The first-order valence-corrected chi connectivity index (χ1v) is 7.71. The summed E-state index contributed by atoms with van der Waals surface area (Å²) in [5.41, 5.74) is 1.57. The van der Waals surface area contributed by atoms with Gasteiger partial charge in [-0.05, 0) is 30.5 Å². The molecule has 0 bridgehead atoms. The van der Waals surface area contributed by atoms with Gasteiger partial charge >= 0.3 is 0 Å². The molecule has 0 fully saturated rings. The fourth-order valence-electron chi connectivity index (χ4n) is 1.59. The second kappa shape index (κ2) is 6.14. The Morgan fingerprint density at radius 2 is 2.22 bits per heavy atom. The van der Waals surface area contributed by atoms with Gasteiger partial charge in [0.25, 0.3) is 0 Å². The molecule has 1 aromatic carbocycles. The molecule has 2 aromatic rings. The van der Waals surface area contributed by atoms with Crippen molar-refractivity contribution < 1.29 is 0 Å². The fraction of sp³-hybridized carbons (Fsp3) is 0.154. The van der Waals surface area contributed by atoms with Crippen LogP contribution in [-0.2, 0) is 6.54 Å². The lowest BCUT2D eigenvalue weighted by Gasteiger charge is -2.09. The van der Waals surface area contributed by atoms with E-state index in [1.807, 2.05) is 36.6 Å². The molecule has 0 saturated heterocycles. The number of thioether (sulfide) groups is 1. The van der Waals surface area contributed by atoms with Crippen molar-refractivity contribution >= 4 is 40.4 Å². The molecule has 1 aromatic heterocycles. The maximum atomic E-state index is 9.21. The third-order valence-corrected chi connectivity index (χ3v) is 4.45. The van der Waals surface area contributed by atoms with Crippen molar-refractivity contribution in [1.82, 2.24) is 0 Å². The molecule has 0 unspecified atom stereocenters. The fourth-order valence-corrected chi connectivity index (χ4v) is 3.19. The van der Waals surface area contributed by atoms with E-state index in [1.54, 1.807) is 23.1 Å². The van der Waals surface area contributed by atoms with Crippen molar-refractivity contribution in [2.24, 2.45) is 0 Å². The van der Waals surface area contributed by atoms with Crippen molar-refractivity contribution in [1.29, 1.82) is 5.26 Å². The van der Waals surface area contributed by atoms with Crippen LogP contribution in [0.3, 0.4) is 0 Å². The van der Waals surface area contributed by atoms with Crippen molar-refractivity contribution in [3.8, 4) is 6.07 Å². The summed E-state index contributed by atoms with van der Waals surface area (Å²) >= 11 is 9.01. The molecule has 0 aliphatic carbocycles. The zero-order valence-corrected chi connectivity index (χ0v) is 12.1. The first-order chi connectivity index (χ1) is 8.74. The van der Waals surface area contributed by atoms with Gasteiger partial charge in [0, 0.05) is 16.3 Å². The van der Waals surface area contributed by atoms with Crippen LogP contribution in [0.1, 0.15) is 10.4 Å². The van der Waals surface area contributed by atoms with Crippen LogP contribution in [0.25, 0.3) is 0 Å². The Bertz CT molecular complexity index is 587. The summed E-state index contributed by atoms with van der Waals surface area (Å²) < 4.78 is 0.783. The van der Waals surface area contributed by atoms with Crippen LogP contribution in [0.15, 0.2) is 35.2 Å². The Hall–Kier alpha value is -1.15. The van der Waals surface area contributed by atoms with Crippen LogP contribution < -0.4 is 5.32 Å². The molecule has 18 heavy (non-hydrogen) atoms. The SMILES string of the molecule is CSc1cccc(NCc2ccc(Cl)s2)c1C#N. The first-order valence-electron chi connectivity index (χ1n) is 5.30. The third-order valence-electron chi connectivity index (χ3n) is 2.44. The lowest BCUT2D eigenvalue weighted by Crippen LogP contribution is -2.00. The van der Waals surface area contributed by atoms with E-state index >= 15 is 0 Å². The van der Waals surface area contributed by atoms with Crippen molar-refractivity contribution in [3.05, 3.63) is 45.1 Å². The highest BCUT2D eigenvalue weighted by Crippen LogP contribution is 2.27. The zero-order valence-electron chi connectivity index (χ0n) is 9.74. The van der Waals surface area contributed by atoms with Gasteiger partial charge < -0.3 is 5.32 Å². The summed E-state index contributed by atoms with van der Waals surface area (Å²) in [6.07, 6.45) is 1.97. The Kier molecular flexibility index (Phi) is 4.54. The van der Waals surface area contributed by atoms with Gasteiger partial charge in [-0.25, -0.2) is 0 Å². The number of nitriles is 1. The van der Waals surface area contributed by atoms with E-state index in [0.717, 1.165) is 19.8 Å². The van der Waals surface area contributed by atoms with Crippen LogP contribution in [0, 0.1) is 11.3 Å². The molecule has 2 nitrogen and oxygen atoms in total. The minimum Gasteiger partial charge on any atom is -0.379 e. The second-order valence-electron chi connectivity index (χ2n) is 3.55. The number of hydrogen-bond acceptors (Lipinski definition) is 4. The molecule has 0 amide bonds. The second-order valence-corrected chi connectivity index (χ2v) is 6.20. The molecule has 92 valence electrons.